The highest BCUT2D eigenvalue weighted by atomic mass is 32.1. The van der Waals surface area contributed by atoms with Gasteiger partial charge in [-0.2, -0.15) is 13.2 Å². The number of carbonyl (C=O) groups is 1. The predicted molar refractivity (Wildman–Crippen MR) is 87.3 cm³/mol. The van der Waals surface area contributed by atoms with E-state index in [0.717, 1.165) is 12.1 Å². The van der Waals surface area contributed by atoms with E-state index in [1.807, 2.05) is 0 Å². The summed E-state index contributed by atoms with van der Waals surface area (Å²) in [5.41, 5.74) is 1.70. The van der Waals surface area contributed by atoms with Gasteiger partial charge in [0.05, 0.1) is 35.4 Å². The number of rotatable bonds is 3. The van der Waals surface area contributed by atoms with Gasteiger partial charge in [-0.3, -0.25) is 14.8 Å². The Morgan fingerprint density at radius 1 is 1.08 bits per heavy atom. The topological polar surface area (TPSA) is 59.0 Å². The number of hydrogen-bond donors (Lipinski definition) is 0. The number of aromatic nitrogens is 3. The highest BCUT2D eigenvalue weighted by molar-refractivity contribution is 7.14. The molecule has 1 aromatic carbocycles. The molecule has 25 heavy (non-hydrogen) atoms. The van der Waals surface area contributed by atoms with Crippen LogP contribution >= 0.6 is 11.3 Å². The minimum atomic E-state index is -4.40. The van der Waals surface area contributed by atoms with Crippen molar-refractivity contribution in [3.63, 3.8) is 0 Å². The molecule has 3 rings (SSSR count). The Bertz CT molecular complexity index is 879. The van der Waals surface area contributed by atoms with E-state index in [1.165, 1.54) is 40.8 Å². The second-order valence-corrected chi connectivity index (χ2v) is 5.93. The summed E-state index contributed by atoms with van der Waals surface area (Å²) >= 11 is 1.30. The zero-order valence-corrected chi connectivity index (χ0v) is 13.7. The molecule has 0 radical (unpaired) electrons. The van der Waals surface area contributed by atoms with Crippen molar-refractivity contribution in [1.29, 1.82) is 0 Å². The highest BCUT2D eigenvalue weighted by Gasteiger charge is 2.30. The molecule has 2 aromatic heterocycles. The molecule has 0 saturated heterocycles. The molecule has 0 fully saturated rings. The van der Waals surface area contributed by atoms with Gasteiger partial charge in [0.1, 0.15) is 10.7 Å². The van der Waals surface area contributed by atoms with Crippen molar-refractivity contribution in [3.05, 3.63) is 59.6 Å². The molecule has 0 bridgehead atoms. The van der Waals surface area contributed by atoms with Crippen molar-refractivity contribution in [2.45, 2.75) is 6.18 Å². The molecule has 1 amide bonds. The lowest BCUT2D eigenvalue weighted by Crippen LogP contribution is -2.26. The quantitative estimate of drug-likeness (QED) is 0.707. The van der Waals surface area contributed by atoms with Crippen LogP contribution in [0.25, 0.3) is 11.3 Å². The smallest absolute Gasteiger partial charge is 0.300 e. The first-order valence-electron chi connectivity index (χ1n) is 7.02. The van der Waals surface area contributed by atoms with E-state index in [2.05, 4.69) is 15.0 Å². The molecule has 5 nitrogen and oxygen atoms in total. The molecule has 0 unspecified atom stereocenters. The third-order valence-corrected chi connectivity index (χ3v) is 4.26. The van der Waals surface area contributed by atoms with Crippen LogP contribution in [-0.4, -0.2) is 27.9 Å². The summed E-state index contributed by atoms with van der Waals surface area (Å²) in [5.74, 6) is -0.384. The van der Waals surface area contributed by atoms with Crippen LogP contribution in [0.15, 0.2) is 48.4 Å². The molecule has 0 aliphatic heterocycles. The first-order valence-corrected chi connectivity index (χ1v) is 7.90. The zero-order valence-electron chi connectivity index (χ0n) is 12.9. The van der Waals surface area contributed by atoms with Crippen LogP contribution in [0.1, 0.15) is 16.1 Å². The van der Waals surface area contributed by atoms with Crippen molar-refractivity contribution in [2.24, 2.45) is 0 Å². The molecule has 0 N–H and O–H groups in total. The molecule has 0 saturated carbocycles. The molecule has 0 aliphatic carbocycles. The van der Waals surface area contributed by atoms with E-state index in [1.54, 1.807) is 18.8 Å². The Hall–Kier alpha value is -2.81. The molecule has 0 spiro atoms. The Balaban J connectivity index is 1.88. The first kappa shape index (κ1) is 17.0. The fraction of sp³-hybridized carbons (Fsp3) is 0.125. The van der Waals surface area contributed by atoms with Crippen LogP contribution in [0.3, 0.4) is 0 Å². The molecule has 0 atom stereocenters. The normalized spacial score (nSPS) is 11.4. The third-order valence-electron chi connectivity index (χ3n) is 3.42. The van der Waals surface area contributed by atoms with Gasteiger partial charge in [-0.1, -0.05) is 12.1 Å². The Morgan fingerprint density at radius 2 is 1.80 bits per heavy atom. The van der Waals surface area contributed by atoms with Gasteiger partial charge >= 0.3 is 6.18 Å². The van der Waals surface area contributed by atoms with E-state index in [9.17, 15) is 18.0 Å². The maximum absolute atomic E-state index is 12.6. The van der Waals surface area contributed by atoms with Crippen molar-refractivity contribution >= 4 is 22.2 Å². The molecular formula is C16H11F3N4OS. The molecule has 3 aromatic rings. The van der Waals surface area contributed by atoms with Crippen LogP contribution in [0.5, 0.6) is 0 Å². The second-order valence-electron chi connectivity index (χ2n) is 5.07. The summed E-state index contributed by atoms with van der Waals surface area (Å²) in [4.78, 5) is 25.9. The first-order chi connectivity index (χ1) is 11.9. The summed E-state index contributed by atoms with van der Waals surface area (Å²) < 4.78 is 37.9. The van der Waals surface area contributed by atoms with Gasteiger partial charge in [0.15, 0.2) is 0 Å². The van der Waals surface area contributed by atoms with E-state index >= 15 is 0 Å². The van der Waals surface area contributed by atoms with Crippen molar-refractivity contribution in [3.8, 4) is 11.3 Å². The minimum Gasteiger partial charge on any atom is -0.300 e. The lowest BCUT2D eigenvalue weighted by molar-refractivity contribution is -0.137. The van der Waals surface area contributed by atoms with Crippen molar-refractivity contribution < 1.29 is 18.0 Å². The zero-order chi connectivity index (χ0) is 18.0. The van der Waals surface area contributed by atoms with Crippen LogP contribution in [-0.2, 0) is 6.18 Å². The molecule has 9 heteroatoms. The number of thiazole rings is 1. The summed E-state index contributed by atoms with van der Waals surface area (Å²) in [5, 5.41) is 0.645. The lowest BCUT2D eigenvalue weighted by atomic mass is 10.1. The van der Waals surface area contributed by atoms with Crippen molar-refractivity contribution in [2.75, 3.05) is 11.9 Å². The fourth-order valence-electron chi connectivity index (χ4n) is 2.08. The van der Waals surface area contributed by atoms with E-state index in [-0.39, 0.29) is 11.6 Å². The van der Waals surface area contributed by atoms with Crippen LogP contribution < -0.4 is 4.90 Å². The standard InChI is InChI=1S/C16H11F3N4OS/c1-23(14-8-21-9-25-14)15(24)13-7-20-6-12(22-13)10-2-4-11(5-3-10)16(17,18)19/h2-9H,1H3. The Kier molecular flexibility index (Phi) is 4.49. The Morgan fingerprint density at radius 3 is 2.40 bits per heavy atom. The largest absolute Gasteiger partial charge is 0.416 e. The number of nitrogens with zero attached hydrogens (tertiary/aromatic N) is 4. The third kappa shape index (κ3) is 3.66. The van der Waals surface area contributed by atoms with Gasteiger partial charge in [0.25, 0.3) is 5.91 Å². The molecule has 2 heterocycles. The Labute approximate surface area is 144 Å². The van der Waals surface area contributed by atoms with Gasteiger partial charge in [0.2, 0.25) is 0 Å². The SMILES string of the molecule is CN(C(=O)c1cncc(-c2ccc(C(F)(F)F)cc2)n1)c1cncs1. The molecule has 0 aliphatic rings. The number of carbonyl (C=O) groups excluding carboxylic acids is 1. The number of hydrogen-bond acceptors (Lipinski definition) is 5. The minimum absolute atomic E-state index is 0.0910. The molecular weight excluding hydrogens is 353 g/mol. The monoisotopic (exact) mass is 364 g/mol. The highest BCUT2D eigenvalue weighted by Crippen LogP contribution is 2.30. The van der Waals surface area contributed by atoms with Crippen LogP contribution in [0, 0.1) is 0 Å². The van der Waals surface area contributed by atoms with Gasteiger partial charge in [0, 0.05) is 12.6 Å². The van der Waals surface area contributed by atoms with Gasteiger partial charge in [-0.15, -0.1) is 11.3 Å². The summed E-state index contributed by atoms with van der Waals surface area (Å²) in [7, 11) is 1.59. The van der Waals surface area contributed by atoms with Gasteiger partial charge in [-0.25, -0.2) is 4.98 Å². The fourth-order valence-corrected chi connectivity index (χ4v) is 2.68. The predicted octanol–water partition coefficient (Wildman–Crippen LogP) is 3.90. The maximum Gasteiger partial charge on any atom is 0.416 e. The second kappa shape index (κ2) is 6.60. The lowest BCUT2D eigenvalue weighted by Gasteiger charge is -2.14. The number of alkyl halides is 3. The van der Waals surface area contributed by atoms with E-state index < -0.39 is 11.7 Å². The summed E-state index contributed by atoms with van der Waals surface area (Å²) in [6.07, 6.45) is -0.144. The summed E-state index contributed by atoms with van der Waals surface area (Å²) in [6, 6.07) is 4.53. The average Bonchev–Trinajstić information content (AvgIpc) is 3.14. The van der Waals surface area contributed by atoms with E-state index in [0.29, 0.717) is 16.3 Å². The van der Waals surface area contributed by atoms with Crippen LogP contribution in [0.4, 0.5) is 18.2 Å². The molecule has 128 valence electrons. The maximum atomic E-state index is 12.6. The average molecular weight is 364 g/mol. The number of benzene rings is 1. The van der Waals surface area contributed by atoms with E-state index in [4.69, 9.17) is 0 Å². The summed E-state index contributed by atoms with van der Waals surface area (Å²) in [6.45, 7) is 0. The number of halogens is 3. The van der Waals surface area contributed by atoms with Crippen molar-refractivity contribution in [1.82, 2.24) is 15.0 Å². The van der Waals surface area contributed by atoms with Gasteiger partial charge < -0.3 is 4.90 Å². The van der Waals surface area contributed by atoms with Gasteiger partial charge in [-0.05, 0) is 12.1 Å². The number of amides is 1. The number of anilines is 1. The van der Waals surface area contributed by atoms with Crippen LogP contribution in [0.2, 0.25) is 0 Å².